The molecule has 9 heteroatoms. The van der Waals surface area contributed by atoms with E-state index in [1.54, 1.807) is 0 Å². The van der Waals surface area contributed by atoms with Crippen molar-refractivity contribution in [3.8, 4) is 5.75 Å². The Morgan fingerprint density at radius 2 is 2.00 bits per heavy atom. The summed E-state index contributed by atoms with van der Waals surface area (Å²) >= 11 is 0. The summed E-state index contributed by atoms with van der Waals surface area (Å²) in [5.74, 6) is -2.03. The number of hydrogen-bond acceptors (Lipinski definition) is 7. The zero-order valence-electron chi connectivity index (χ0n) is 13.8. The number of aliphatic imine (C=N–C) groups is 2. The lowest BCUT2D eigenvalue weighted by Gasteiger charge is -2.46. The van der Waals surface area contributed by atoms with E-state index in [4.69, 9.17) is 16.2 Å². The van der Waals surface area contributed by atoms with Crippen molar-refractivity contribution < 1.29 is 19.0 Å². The van der Waals surface area contributed by atoms with Crippen molar-refractivity contribution in [3.63, 3.8) is 0 Å². The summed E-state index contributed by atoms with van der Waals surface area (Å²) < 4.78 is 19.2. The van der Waals surface area contributed by atoms with Gasteiger partial charge in [0.2, 0.25) is 11.9 Å². The number of anilines is 1. The van der Waals surface area contributed by atoms with Crippen LogP contribution in [-0.4, -0.2) is 35.8 Å². The van der Waals surface area contributed by atoms with E-state index in [-0.39, 0.29) is 28.9 Å². The number of ether oxygens (including phenoxy) is 1. The van der Waals surface area contributed by atoms with E-state index in [2.05, 4.69) is 9.98 Å². The average molecular weight is 349 g/mol. The smallest absolute Gasteiger partial charge is 0.337 e. The summed E-state index contributed by atoms with van der Waals surface area (Å²) in [6, 6.07) is 2.23. The highest BCUT2D eigenvalue weighted by Gasteiger charge is 2.44. The number of halogens is 1. The van der Waals surface area contributed by atoms with Crippen LogP contribution in [0, 0.1) is 5.82 Å². The number of aromatic carboxylic acids is 1. The highest BCUT2D eigenvalue weighted by Crippen LogP contribution is 2.41. The van der Waals surface area contributed by atoms with Gasteiger partial charge in [0, 0.05) is 6.07 Å². The first-order valence-electron chi connectivity index (χ1n) is 7.98. The van der Waals surface area contributed by atoms with Gasteiger partial charge in [-0.15, -0.1) is 0 Å². The minimum atomic E-state index is -1.23. The minimum Gasteiger partial charge on any atom is -0.494 e. The largest absolute Gasteiger partial charge is 0.494 e. The van der Waals surface area contributed by atoms with Crippen molar-refractivity contribution in [2.45, 2.75) is 37.8 Å². The molecule has 1 fully saturated rings. The third-order valence-electron chi connectivity index (χ3n) is 4.59. The minimum absolute atomic E-state index is 0.00136. The van der Waals surface area contributed by atoms with Gasteiger partial charge < -0.3 is 21.3 Å². The SMILES string of the molecule is COc1cc(C(=O)O)c(N2C(N)=NC(N)=NC23CCCCC3)cc1F. The van der Waals surface area contributed by atoms with Crippen LogP contribution in [0.3, 0.4) is 0 Å². The lowest BCUT2D eigenvalue weighted by atomic mass is 9.87. The van der Waals surface area contributed by atoms with Gasteiger partial charge in [-0.3, -0.25) is 4.90 Å². The fourth-order valence-corrected chi connectivity index (χ4v) is 3.53. The van der Waals surface area contributed by atoms with Crippen LogP contribution >= 0.6 is 0 Å². The molecule has 1 aromatic carbocycles. The van der Waals surface area contributed by atoms with Gasteiger partial charge in [0.1, 0.15) is 5.66 Å². The molecular formula is C16H20FN5O3. The zero-order chi connectivity index (χ0) is 18.2. The van der Waals surface area contributed by atoms with Crippen LogP contribution in [0.4, 0.5) is 10.1 Å². The molecule has 134 valence electrons. The highest BCUT2D eigenvalue weighted by atomic mass is 19.1. The number of hydrogen-bond donors (Lipinski definition) is 3. The Bertz CT molecular complexity index is 771. The average Bonchev–Trinajstić information content (AvgIpc) is 2.54. The lowest BCUT2D eigenvalue weighted by Crippen LogP contribution is -2.58. The van der Waals surface area contributed by atoms with Crippen LogP contribution < -0.4 is 21.1 Å². The van der Waals surface area contributed by atoms with E-state index in [1.165, 1.54) is 12.0 Å². The Balaban J connectivity index is 2.20. The molecule has 1 spiro atoms. The Labute approximate surface area is 144 Å². The van der Waals surface area contributed by atoms with Crippen LogP contribution in [0.1, 0.15) is 42.5 Å². The van der Waals surface area contributed by atoms with E-state index >= 15 is 0 Å². The van der Waals surface area contributed by atoms with E-state index in [1.807, 2.05) is 0 Å². The third-order valence-corrected chi connectivity index (χ3v) is 4.59. The maximum absolute atomic E-state index is 14.3. The van der Waals surface area contributed by atoms with Gasteiger partial charge >= 0.3 is 5.97 Å². The van der Waals surface area contributed by atoms with Gasteiger partial charge in [-0.2, -0.15) is 4.99 Å². The molecule has 0 saturated heterocycles. The van der Waals surface area contributed by atoms with E-state index < -0.39 is 17.4 Å². The van der Waals surface area contributed by atoms with Gasteiger partial charge in [-0.25, -0.2) is 14.2 Å². The van der Waals surface area contributed by atoms with E-state index in [0.717, 1.165) is 31.4 Å². The first kappa shape index (κ1) is 17.0. The summed E-state index contributed by atoms with van der Waals surface area (Å²) in [4.78, 5) is 21.7. The normalized spacial score (nSPS) is 19.4. The Morgan fingerprint density at radius 1 is 1.32 bits per heavy atom. The number of methoxy groups -OCH3 is 1. The fraction of sp³-hybridized carbons (Fsp3) is 0.438. The van der Waals surface area contributed by atoms with Gasteiger partial charge in [0.05, 0.1) is 18.4 Å². The first-order valence-corrected chi connectivity index (χ1v) is 7.98. The molecule has 1 heterocycles. The molecule has 0 radical (unpaired) electrons. The number of carbonyl (C=O) groups is 1. The maximum atomic E-state index is 14.3. The highest BCUT2D eigenvalue weighted by molar-refractivity contribution is 6.09. The summed E-state index contributed by atoms with van der Waals surface area (Å²) in [5, 5.41) is 9.59. The van der Waals surface area contributed by atoms with Gasteiger partial charge in [0.25, 0.3) is 0 Å². The predicted octanol–water partition coefficient (Wildman–Crippen LogP) is 1.64. The standard InChI is InChI=1S/C16H20FN5O3/c1-25-12-7-9(13(23)24)11(8-10(12)17)22-15(19)20-14(18)21-16(22)5-3-2-4-6-16/h7-8H,2-6H2,1H3,(H,23,24)(H4,18,19,20,21). The van der Waals surface area contributed by atoms with Crippen molar-refractivity contribution in [2.24, 2.45) is 21.5 Å². The molecule has 1 saturated carbocycles. The molecule has 0 amide bonds. The van der Waals surface area contributed by atoms with Gasteiger partial charge in [0.15, 0.2) is 11.6 Å². The molecule has 0 aromatic heterocycles. The van der Waals surface area contributed by atoms with E-state index in [9.17, 15) is 14.3 Å². The predicted molar refractivity (Wildman–Crippen MR) is 91.5 cm³/mol. The third kappa shape index (κ3) is 2.86. The molecule has 0 atom stereocenters. The number of nitrogens with two attached hydrogens (primary N) is 2. The van der Waals surface area contributed by atoms with Crippen LogP contribution in [0.25, 0.3) is 0 Å². The summed E-state index contributed by atoms with van der Waals surface area (Å²) in [7, 11) is 1.27. The van der Waals surface area contributed by atoms with Crippen molar-refractivity contribution in [1.29, 1.82) is 0 Å². The molecule has 8 nitrogen and oxygen atoms in total. The van der Waals surface area contributed by atoms with Crippen LogP contribution in [0.15, 0.2) is 22.1 Å². The van der Waals surface area contributed by atoms with E-state index in [0.29, 0.717) is 12.8 Å². The molecular weight excluding hydrogens is 329 g/mol. The molecule has 0 unspecified atom stereocenters. The topological polar surface area (TPSA) is 127 Å². The van der Waals surface area contributed by atoms with Crippen molar-refractivity contribution in [1.82, 2.24) is 0 Å². The number of benzene rings is 1. The van der Waals surface area contributed by atoms with Crippen LogP contribution in [0.2, 0.25) is 0 Å². The lowest BCUT2D eigenvalue weighted by molar-refractivity contribution is 0.0697. The summed E-state index contributed by atoms with van der Waals surface area (Å²) in [5.41, 5.74) is 11.0. The molecule has 1 aliphatic heterocycles. The fourth-order valence-electron chi connectivity index (χ4n) is 3.53. The number of carboxylic acids is 1. The first-order chi connectivity index (χ1) is 11.9. The number of guanidine groups is 2. The quantitative estimate of drug-likeness (QED) is 0.761. The Kier molecular flexibility index (Phi) is 4.23. The van der Waals surface area contributed by atoms with Gasteiger partial charge in [-0.1, -0.05) is 6.42 Å². The van der Waals surface area contributed by atoms with Crippen LogP contribution in [-0.2, 0) is 0 Å². The molecule has 5 N–H and O–H groups in total. The van der Waals surface area contributed by atoms with Crippen molar-refractivity contribution in [2.75, 3.05) is 12.0 Å². The second-order valence-corrected chi connectivity index (χ2v) is 6.13. The Morgan fingerprint density at radius 3 is 2.60 bits per heavy atom. The maximum Gasteiger partial charge on any atom is 0.337 e. The summed E-state index contributed by atoms with van der Waals surface area (Å²) in [6.45, 7) is 0. The number of nitrogens with zero attached hydrogens (tertiary/aromatic N) is 3. The van der Waals surface area contributed by atoms with Crippen molar-refractivity contribution in [3.05, 3.63) is 23.5 Å². The number of carboxylic acid groups (broad SMARTS) is 1. The van der Waals surface area contributed by atoms with Crippen molar-refractivity contribution >= 4 is 23.6 Å². The Hall–Kier alpha value is -2.84. The molecule has 25 heavy (non-hydrogen) atoms. The van der Waals surface area contributed by atoms with Gasteiger partial charge in [-0.05, 0) is 31.7 Å². The molecule has 0 bridgehead atoms. The second kappa shape index (κ2) is 6.23. The molecule has 1 aliphatic carbocycles. The number of rotatable bonds is 3. The molecule has 2 aliphatic rings. The summed E-state index contributed by atoms with van der Waals surface area (Å²) in [6.07, 6.45) is 4.03. The molecule has 1 aromatic rings. The van der Waals surface area contributed by atoms with Crippen LogP contribution in [0.5, 0.6) is 5.75 Å². The monoisotopic (exact) mass is 349 g/mol. The second-order valence-electron chi connectivity index (χ2n) is 6.13. The molecule has 3 rings (SSSR count). The zero-order valence-corrected chi connectivity index (χ0v) is 13.8.